The second-order valence-corrected chi connectivity index (χ2v) is 4.06. The zero-order valence-corrected chi connectivity index (χ0v) is 11.6. The lowest BCUT2D eigenvalue weighted by Crippen LogP contribution is -2.08. The first kappa shape index (κ1) is 13.9. The molecule has 1 aromatic heterocycles. The van der Waals surface area contributed by atoms with Crippen LogP contribution in [0.3, 0.4) is 0 Å². The maximum absolute atomic E-state index is 5.84. The molecule has 0 saturated carbocycles. The first-order chi connectivity index (χ1) is 9.74. The minimum atomic E-state index is 0.408. The highest BCUT2D eigenvalue weighted by Gasteiger charge is 2.09. The molecule has 0 fully saturated rings. The molecule has 6 nitrogen and oxygen atoms in total. The number of hydrogen-bond acceptors (Lipinski definition) is 6. The van der Waals surface area contributed by atoms with Crippen LogP contribution in [0.1, 0.15) is 12.5 Å². The largest absolute Gasteiger partial charge is 0.494 e. The van der Waals surface area contributed by atoms with Crippen LogP contribution in [0, 0.1) is 0 Å². The highest BCUT2D eigenvalue weighted by molar-refractivity contribution is 5.52. The number of nitrogen functional groups attached to an aromatic ring is 1. The molecule has 0 bridgehead atoms. The lowest BCUT2D eigenvalue weighted by atomic mass is 10.2. The molecule has 0 spiro atoms. The van der Waals surface area contributed by atoms with Crippen molar-refractivity contribution in [1.29, 1.82) is 0 Å². The maximum atomic E-state index is 5.84. The molecule has 0 aliphatic heterocycles. The third-order valence-electron chi connectivity index (χ3n) is 2.75. The SMILES string of the molecule is CCOc1cccc(NCc2c(N)ncnc2OC)c1. The van der Waals surface area contributed by atoms with E-state index in [1.54, 1.807) is 7.11 Å². The molecular formula is C14H18N4O2. The van der Waals surface area contributed by atoms with Crippen LogP contribution >= 0.6 is 0 Å². The summed E-state index contributed by atoms with van der Waals surface area (Å²) >= 11 is 0. The quantitative estimate of drug-likeness (QED) is 0.839. The van der Waals surface area contributed by atoms with Gasteiger partial charge in [0.15, 0.2) is 0 Å². The van der Waals surface area contributed by atoms with Crippen molar-refractivity contribution in [3.8, 4) is 11.6 Å². The van der Waals surface area contributed by atoms with Gasteiger partial charge in [-0.25, -0.2) is 9.97 Å². The number of benzene rings is 1. The van der Waals surface area contributed by atoms with Crippen LogP contribution in [0.4, 0.5) is 11.5 Å². The molecule has 2 rings (SSSR count). The molecule has 2 aromatic rings. The number of ether oxygens (including phenoxy) is 2. The van der Waals surface area contributed by atoms with Crippen molar-refractivity contribution in [2.45, 2.75) is 13.5 Å². The Labute approximate surface area is 118 Å². The van der Waals surface area contributed by atoms with Gasteiger partial charge in [-0.15, -0.1) is 0 Å². The van der Waals surface area contributed by atoms with E-state index in [2.05, 4.69) is 15.3 Å². The van der Waals surface area contributed by atoms with Crippen LogP contribution < -0.4 is 20.5 Å². The van der Waals surface area contributed by atoms with Gasteiger partial charge in [0.25, 0.3) is 0 Å². The van der Waals surface area contributed by atoms with E-state index in [1.807, 2.05) is 31.2 Å². The minimum Gasteiger partial charge on any atom is -0.494 e. The summed E-state index contributed by atoms with van der Waals surface area (Å²) in [6.07, 6.45) is 1.38. The van der Waals surface area contributed by atoms with Crippen LogP contribution in [0.15, 0.2) is 30.6 Å². The van der Waals surface area contributed by atoms with Gasteiger partial charge in [0.2, 0.25) is 5.88 Å². The molecular weight excluding hydrogens is 256 g/mol. The van der Waals surface area contributed by atoms with Crippen LogP contribution in [0.5, 0.6) is 11.6 Å². The number of aromatic nitrogens is 2. The lowest BCUT2D eigenvalue weighted by Gasteiger charge is -2.12. The molecule has 0 aliphatic rings. The predicted octanol–water partition coefficient (Wildman–Crippen LogP) is 2.08. The number of anilines is 2. The van der Waals surface area contributed by atoms with Crippen molar-refractivity contribution in [1.82, 2.24) is 9.97 Å². The molecule has 106 valence electrons. The van der Waals surface area contributed by atoms with Gasteiger partial charge < -0.3 is 20.5 Å². The number of hydrogen-bond donors (Lipinski definition) is 2. The summed E-state index contributed by atoms with van der Waals surface area (Å²) in [4.78, 5) is 8.01. The Bertz CT molecular complexity index is 575. The molecule has 6 heteroatoms. The van der Waals surface area contributed by atoms with E-state index in [0.717, 1.165) is 17.0 Å². The van der Waals surface area contributed by atoms with E-state index in [1.165, 1.54) is 6.33 Å². The molecule has 0 aliphatic carbocycles. The summed E-state index contributed by atoms with van der Waals surface area (Å²) in [5.41, 5.74) is 7.51. The van der Waals surface area contributed by atoms with Crippen molar-refractivity contribution in [3.05, 3.63) is 36.2 Å². The summed E-state index contributed by atoms with van der Waals surface area (Å²) in [5, 5.41) is 3.26. The smallest absolute Gasteiger partial charge is 0.223 e. The number of nitrogens with two attached hydrogens (primary N) is 1. The average molecular weight is 274 g/mol. The van der Waals surface area contributed by atoms with Crippen LogP contribution in [0.25, 0.3) is 0 Å². The Morgan fingerprint density at radius 3 is 2.90 bits per heavy atom. The third kappa shape index (κ3) is 3.28. The topological polar surface area (TPSA) is 82.3 Å². The zero-order chi connectivity index (χ0) is 14.4. The van der Waals surface area contributed by atoms with Gasteiger partial charge in [-0.05, 0) is 19.1 Å². The van der Waals surface area contributed by atoms with E-state index in [4.69, 9.17) is 15.2 Å². The Hall–Kier alpha value is -2.50. The first-order valence-electron chi connectivity index (χ1n) is 6.34. The monoisotopic (exact) mass is 274 g/mol. The number of nitrogens with zero attached hydrogens (tertiary/aromatic N) is 2. The molecule has 3 N–H and O–H groups in total. The van der Waals surface area contributed by atoms with Gasteiger partial charge in [-0.2, -0.15) is 0 Å². The standard InChI is InChI=1S/C14H18N4O2/c1-3-20-11-6-4-5-10(7-11)16-8-12-13(15)17-9-18-14(12)19-2/h4-7,9,16H,3,8H2,1-2H3,(H2,15,17,18). The fourth-order valence-electron chi connectivity index (χ4n) is 1.80. The molecule has 0 atom stereocenters. The van der Waals surface area contributed by atoms with Crippen molar-refractivity contribution in [3.63, 3.8) is 0 Å². The van der Waals surface area contributed by atoms with Crippen molar-refractivity contribution >= 4 is 11.5 Å². The highest BCUT2D eigenvalue weighted by atomic mass is 16.5. The Morgan fingerprint density at radius 2 is 2.15 bits per heavy atom. The highest BCUT2D eigenvalue weighted by Crippen LogP contribution is 2.22. The number of nitrogens with one attached hydrogen (secondary N) is 1. The van der Waals surface area contributed by atoms with Gasteiger partial charge in [-0.1, -0.05) is 6.07 Å². The first-order valence-corrected chi connectivity index (χ1v) is 6.34. The molecule has 0 unspecified atom stereocenters. The lowest BCUT2D eigenvalue weighted by molar-refractivity contribution is 0.340. The molecule has 0 amide bonds. The van der Waals surface area contributed by atoms with Gasteiger partial charge >= 0.3 is 0 Å². The average Bonchev–Trinajstić information content (AvgIpc) is 2.46. The second-order valence-electron chi connectivity index (χ2n) is 4.06. The van der Waals surface area contributed by atoms with E-state index in [9.17, 15) is 0 Å². The molecule has 0 saturated heterocycles. The summed E-state index contributed by atoms with van der Waals surface area (Å²) < 4.78 is 10.6. The van der Waals surface area contributed by atoms with Gasteiger partial charge in [0, 0.05) is 18.3 Å². The maximum Gasteiger partial charge on any atom is 0.223 e. The summed E-state index contributed by atoms with van der Waals surface area (Å²) in [7, 11) is 1.56. The summed E-state index contributed by atoms with van der Waals surface area (Å²) in [6.45, 7) is 3.06. The predicted molar refractivity (Wildman–Crippen MR) is 77.9 cm³/mol. The van der Waals surface area contributed by atoms with Gasteiger partial charge in [0.1, 0.15) is 17.9 Å². The van der Waals surface area contributed by atoms with Crippen molar-refractivity contribution in [2.75, 3.05) is 24.8 Å². The Balaban J connectivity index is 2.10. The zero-order valence-electron chi connectivity index (χ0n) is 11.6. The number of methoxy groups -OCH3 is 1. The third-order valence-corrected chi connectivity index (χ3v) is 2.75. The van der Waals surface area contributed by atoms with Crippen molar-refractivity contribution in [2.24, 2.45) is 0 Å². The Morgan fingerprint density at radius 1 is 1.30 bits per heavy atom. The molecule has 20 heavy (non-hydrogen) atoms. The second kappa shape index (κ2) is 6.60. The van der Waals surface area contributed by atoms with Gasteiger partial charge in [-0.3, -0.25) is 0 Å². The molecule has 1 aromatic carbocycles. The van der Waals surface area contributed by atoms with Crippen LogP contribution in [-0.2, 0) is 6.54 Å². The summed E-state index contributed by atoms with van der Waals surface area (Å²) in [6, 6.07) is 7.72. The van der Waals surface area contributed by atoms with E-state index < -0.39 is 0 Å². The van der Waals surface area contributed by atoms with E-state index in [0.29, 0.717) is 24.8 Å². The molecule has 1 heterocycles. The fraction of sp³-hybridized carbons (Fsp3) is 0.286. The Kier molecular flexibility index (Phi) is 4.60. The van der Waals surface area contributed by atoms with Crippen LogP contribution in [-0.4, -0.2) is 23.7 Å². The fourth-order valence-corrected chi connectivity index (χ4v) is 1.80. The summed E-state index contributed by atoms with van der Waals surface area (Å²) in [5.74, 6) is 1.71. The normalized spacial score (nSPS) is 10.1. The minimum absolute atomic E-state index is 0.408. The number of rotatable bonds is 6. The van der Waals surface area contributed by atoms with Crippen LogP contribution in [0.2, 0.25) is 0 Å². The van der Waals surface area contributed by atoms with Gasteiger partial charge in [0.05, 0.1) is 19.3 Å². The molecule has 0 radical (unpaired) electrons. The van der Waals surface area contributed by atoms with Crippen molar-refractivity contribution < 1.29 is 9.47 Å². The van der Waals surface area contributed by atoms with E-state index in [-0.39, 0.29) is 0 Å². The van der Waals surface area contributed by atoms with E-state index >= 15 is 0 Å².